The van der Waals surface area contributed by atoms with Crippen molar-refractivity contribution in [2.24, 2.45) is 5.73 Å². The average molecular weight is 1240 g/mol. The van der Waals surface area contributed by atoms with Gasteiger partial charge in [-0.05, 0) is 98.8 Å². The van der Waals surface area contributed by atoms with Crippen LogP contribution in [0.5, 0.6) is 0 Å². The van der Waals surface area contributed by atoms with Crippen LogP contribution in [-0.4, -0.2) is 176 Å². The molecule has 5 aliphatic heterocycles. The molecule has 87 heavy (non-hydrogen) atoms. The molecule has 0 bridgehead atoms. The van der Waals surface area contributed by atoms with Gasteiger partial charge in [0.1, 0.15) is 30.2 Å². The molecular weight excluding hydrogens is 1170 g/mol. The first-order chi connectivity index (χ1) is 41.5. The third-order valence-electron chi connectivity index (χ3n) is 16.6. The lowest BCUT2D eigenvalue weighted by Gasteiger charge is -2.39. The summed E-state index contributed by atoms with van der Waals surface area (Å²) < 4.78 is 41.6. The van der Waals surface area contributed by atoms with Gasteiger partial charge in [0, 0.05) is 105 Å². The lowest BCUT2D eigenvalue weighted by atomic mass is 10.0. The molecule has 27 heteroatoms. The largest absolute Gasteiger partial charge is 0.399 e. The van der Waals surface area contributed by atoms with E-state index in [1.54, 1.807) is 35.2 Å². The molecule has 0 radical (unpaired) electrons. The summed E-state index contributed by atoms with van der Waals surface area (Å²) in [7, 11) is -4.00. The van der Waals surface area contributed by atoms with Crippen molar-refractivity contribution in [3.05, 3.63) is 105 Å². The van der Waals surface area contributed by atoms with Crippen molar-refractivity contribution < 1.29 is 71.1 Å². The number of piperazine rings is 1. The van der Waals surface area contributed by atoms with Crippen molar-refractivity contribution in [1.82, 2.24) is 45.8 Å². The Bertz CT molecular complexity index is 3470. The van der Waals surface area contributed by atoms with Crippen molar-refractivity contribution in [2.45, 2.75) is 132 Å². The number of nitrogens with zero attached hydrogens (tertiary/aromatic N) is 5. The predicted octanol–water partition coefficient (Wildman–Crippen LogP) is 2.83. The second-order valence-electron chi connectivity index (χ2n) is 22.6. The number of benzene rings is 3. The molecule has 4 fully saturated rings. The van der Waals surface area contributed by atoms with Gasteiger partial charge in [-0.15, -0.1) is 11.3 Å². The molecule has 0 spiro atoms. The summed E-state index contributed by atoms with van der Waals surface area (Å²) in [5.41, 5.74) is 2.57. The number of nitrogens with two attached hydrogens (primary N) is 1. The second-order valence-corrected chi connectivity index (χ2v) is 25.4. The number of primary amides is 1. The zero-order valence-electron chi connectivity index (χ0n) is 47.8. The predicted molar refractivity (Wildman–Crippen MR) is 313 cm³/mol. The molecule has 5 aliphatic rings. The number of rotatable bonds is 20. The molecule has 0 aliphatic carbocycles. The van der Waals surface area contributed by atoms with E-state index >= 15 is 4.79 Å². The smallest absolute Gasteiger partial charge is 0.370 e. The number of unbranched alkanes of at least 4 members (excludes halogenated alkanes) is 3. The number of alkyl halides is 2. The summed E-state index contributed by atoms with van der Waals surface area (Å²) in [5, 5.41) is 10.7. The van der Waals surface area contributed by atoms with E-state index in [9.17, 15) is 66.3 Å². The number of nitrogens with one attached hydrogen (secondary N) is 4. The van der Waals surface area contributed by atoms with Crippen LogP contribution in [0, 0.1) is 11.8 Å². The summed E-state index contributed by atoms with van der Waals surface area (Å²) in [5.74, 6) is 0.602. The summed E-state index contributed by atoms with van der Waals surface area (Å²) in [6, 6.07) is 11.8. The highest BCUT2D eigenvalue weighted by molar-refractivity contribution is 7.52. The minimum absolute atomic E-state index is 0.0577. The minimum atomic E-state index is -5.94. The van der Waals surface area contributed by atoms with Gasteiger partial charge in [-0.25, -0.2) is 0 Å². The van der Waals surface area contributed by atoms with Crippen LogP contribution in [0.1, 0.15) is 119 Å². The fourth-order valence-corrected chi connectivity index (χ4v) is 13.2. The zero-order chi connectivity index (χ0) is 62.3. The van der Waals surface area contributed by atoms with E-state index in [1.165, 1.54) is 26.8 Å². The van der Waals surface area contributed by atoms with Gasteiger partial charge in [-0.1, -0.05) is 60.7 Å². The fraction of sp³-hybridized carbons (Fsp3) is 0.467. The molecule has 10 amide bonds. The number of halogens is 2. The van der Waals surface area contributed by atoms with Crippen LogP contribution < -0.4 is 27.0 Å². The molecule has 23 nitrogen and oxygen atoms in total. The number of thiophene rings is 1. The molecule has 1 aromatic heterocycles. The van der Waals surface area contributed by atoms with Crippen molar-refractivity contribution in [1.29, 1.82) is 0 Å². The van der Waals surface area contributed by atoms with Crippen molar-refractivity contribution >= 4 is 88.1 Å². The average Bonchev–Trinajstić information content (AvgIpc) is 1.84. The van der Waals surface area contributed by atoms with Gasteiger partial charge in [-0.2, -0.15) is 8.78 Å². The van der Waals surface area contributed by atoms with Crippen LogP contribution in [0.15, 0.2) is 72.8 Å². The Morgan fingerprint density at radius 2 is 1.61 bits per heavy atom. The summed E-state index contributed by atoms with van der Waals surface area (Å²) in [6.45, 7) is 2.03. The van der Waals surface area contributed by atoms with Crippen molar-refractivity contribution in [3.63, 3.8) is 0 Å². The first-order valence-electron chi connectivity index (χ1n) is 29.0. The maximum Gasteiger partial charge on any atom is 0.399 e. The quantitative estimate of drug-likeness (QED) is 0.0290. The Hall–Kier alpha value is -7.95. The molecule has 6 atom stereocenters. The van der Waals surface area contributed by atoms with Gasteiger partial charge in [0.15, 0.2) is 0 Å². The van der Waals surface area contributed by atoms with E-state index < -0.39 is 90.5 Å². The van der Waals surface area contributed by atoms with Gasteiger partial charge in [0.25, 0.3) is 11.8 Å². The third kappa shape index (κ3) is 14.9. The Kier molecular flexibility index (Phi) is 20.0. The summed E-state index contributed by atoms with van der Waals surface area (Å²) in [4.78, 5) is 163. The van der Waals surface area contributed by atoms with E-state index in [1.807, 2.05) is 25.2 Å². The number of carbonyl (C=O) groups is 10. The highest BCUT2D eigenvalue weighted by Gasteiger charge is 2.51. The first-order valence-corrected chi connectivity index (χ1v) is 31.4. The normalized spacial score (nSPS) is 20.7. The number of fused-ring (bicyclic) bond motifs is 3. The lowest BCUT2D eigenvalue weighted by molar-refractivity contribution is -0.146. The number of hydrogen-bond donors (Lipinski definition) is 7. The number of piperidine rings is 1. The van der Waals surface area contributed by atoms with Crippen LogP contribution >= 0.6 is 18.9 Å². The Balaban J connectivity index is 0.888. The molecule has 0 saturated carbocycles. The van der Waals surface area contributed by atoms with Crippen LogP contribution in [0.4, 0.5) is 8.78 Å². The van der Waals surface area contributed by atoms with Crippen LogP contribution in [-0.2, 0) is 61.6 Å². The van der Waals surface area contributed by atoms with Gasteiger partial charge in [0.05, 0.1) is 4.88 Å². The van der Waals surface area contributed by atoms with Gasteiger partial charge >= 0.3 is 13.3 Å². The minimum Gasteiger partial charge on any atom is -0.370 e. The molecule has 4 saturated heterocycles. The molecule has 8 N–H and O–H groups in total. The monoisotopic (exact) mass is 1240 g/mol. The fourth-order valence-electron chi connectivity index (χ4n) is 11.8. The topological polar surface area (TPSA) is 319 Å². The number of likely N-dealkylation sites (N-methyl/N-ethyl adjacent to an activating group) is 1. The highest BCUT2D eigenvalue weighted by atomic mass is 32.1. The van der Waals surface area contributed by atoms with E-state index in [0.717, 1.165) is 29.0 Å². The van der Waals surface area contributed by atoms with Crippen LogP contribution in [0.3, 0.4) is 0 Å². The third-order valence-corrected chi connectivity index (χ3v) is 18.7. The Morgan fingerprint density at radius 3 is 2.33 bits per heavy atom. The van der Waals surface area contributed by atoms with Gasteiger partial charge in [-0.3, -0.25) is 57.8 Å². The SMILES string of the molecule is CN1CCN(C(=O)[C@H](Cc2ccccc2)NC(=O)[C@H](CCC(N)=O)NC(=O)[C@@H]2CC[C@@H]3CCN(C(=O)CCCCCC#Cc4cccc5c4CN(C4CCC(=O)NC4=O)C5=O)C[C@H](NC(=O)c4cc5cc(C(F)(F)P(=O)(O)O)ccc5s4)C(=O)N32)CC1. The van der Waals surface area contributed by atoms with Crippen molar-refractivity contribution in [2.75, 3.05) is 46.3 Å². The zero-order valence-corrected chi connectivity index (χ0v) is 49.6. The van der Waals surface area contributed by atoms with Crippen molar-refractivity contribution in [3.8, 4) is 11.8 Å². The van der Waals surface area contributed by atoms with E-state index in [-0.39, 0.29) is 111 Å². The van der Waals surface area contributed by atoms with Gasteiger partial charge in [0.2, 0.25) is 47.3 Å². The molecule has 9 rings (SSSR count). The van der Waals surface area contributed by atoms with Crippen LogP contribution in [0.25, 0.3) is 10.1 Å². The molecule has 6 heterocycles. The maximum absolute atomic E-state index is 15.1. The number of hydrogen-bond acceptors (Lipinski definition) is 13. The maximum atomic E-state index is 15.1. The number of amides is 10. The number of carbonyl (C=O) groups excluding carboxylic acids is 10. The molecular formula is C60H69F2N10O13PS. The molecule has 3 aromatic carbocycles. The summed E-state index contributed by atoms with van der Waals surface area (Å²) in [6.07, 6.45) is 2.67. The Labute approximate surface area is 504 Å². The van der Waals surface area contributed by atoms with E-state index in [2.05, 4.69) is 38.0 Å². The summed E-state index contributed by atoms with van der Waals surface area (Å²) >= 11 is 0.857. The molecule has 462 valence electrons. The Morgan fingerprint density at radius 1 is 0.851 bits per heavy atom. The van der Waals surface area contributed by atoms with E-state index in [0.29, 0.717) is 73.3 Å². The van der Waals surface area contributed by atoms with Gasteiger partial charge < -0.3 is 56.0 Å². The first kappa shape index (κ1) is 63.5. The highest BCUT2D eigenvalue weighted by Crippen LogP contribution is 2.59. The standard InChI is InChI=1S/C60H69F2N10O13PS/c1-68-27-29-69(30-28-68)58(81)44(31-36-11-6-5-7-12-36)65-53(76)43(19-23-50(63)73)64-55(78)47-20-18-40-25-26-70(35-45(59(82)72(40)47)66-56(79)49-33-38-32-39(17-22-48(38)87-49)60(61,62)86(83,84)85)52(75)16-9-4-2-3-8-13-37-14-10-15-41-42(37)34-71(57(41)80)46-21-24-51(74)67-54(46)77/h5-7,10-12,14-15,17,22,32-33,40,43-47H,2-4,9,16,18-21,23-31,34-35H2,1H3,(H2,63,73)(H,64,78)(H,65,76)(H,66,79)(H,67,74,77)(H2,83,84,85)/t40-,43+,44+,45+,46?,47+/m1/s1. The lowest BCUT2D eigenvalue weighted by Crippen LogP contribution is -2.62. The molecule has 1 unspecified atom stereocenters. The second kappa shape index (κ2) is 27.4. The number of imide groups is 1. The molecule has 4 aromatic rings. The van der Waals surface area contributed by atoms with E-state index in [4.69, 9.17) is 5.73 Å². The van der Waals surface area contributed by atoms with Crippen LogP contribution in [0.2, 0.25) is 0 Å².